The molecule has 2 aromatic rings. The van der Waals surface area contributed by atoms with Crippen molar-refractivity contribution in [1.82, 2.24) is 15.1 Å². The van der Waals surface area contributed by atoms with Crippen LogP contribution in [0.5, 0.6) is 11.5 Å². The van der Waals surface area contributed by atoms with Gasteiger partial charge < -0.3 is 14.8 Å². The van der Waals surface area contributed by atoms with Crippen molar-refractivity contribution in [3.05, 3.63) is 40.6 Å². The summed E-state index contributed by atoms with van der Waals surface area (Å²) in [6, 6.07) is 5.93. The van der Waals surface area contributed by atoms with Gasteiger partial charge in [-0.15, -0.1) is 0 Å². The van der Waals surface area contributed by atoms with Crippen LogP contribution in [0, 0.1) is 0 Å². The largest absolute Gasteiger partial charge is 0.493 e. The first-order valence-electron chi connectivity index (χ1n) is 6.33. The van der Waals surface area contributed by atoms with Crippen molar-refractivity contribution in [2.45, 2.75) is 13.1 Å². The summed E-state index contributed by atoms with van der Waals surface area (Å²) in [5.41, 5.74) is 1.13. The summed E-state index contributed by atoms with van der Waals surface area (Å²) in [7, 11) is 3.27. The van der Waals surface area contributed by atoms with E-state index in [-0.39, 0.29) is 0 Å². The molecule has 0 aliphatic heterocycles. The Morgan fingerprint density at radius 3 is 2.80 bits per heavy atom. The fraction of sp³-hybridized carbons (Fsp3) is 0.357. The fourth-order valence-corrected chi connectivity index (χ4v) is 2.58. The molecule has 5 nitrogen and oxygen atoms in total. The first kappa shape index (κ1) is 14.9. The van der Waals surface area contributed by atoms with Gasteiger partial charge in [-0.05, 0) is 39.7 Å². The number of methoxy groups -OCH3 is 2. The van der Waals surface area contributed by atoms with Crippen molar-refractivity contribution in [3.63, 3.8) is 0 Å². The number of benzene rings is 1. The molecule has 108 valence electrons. The number of rotatable bonds is 7. The molecule has 1 N–H and O–H groups in total. The normalized spacial score (nSPS) is 10.6. The van der Waals surface area contributed by atoms with Gasteiger partial charge in [-0.2, -0.15) is 5.10 Å². The Kier molecular flexibility index (Phi) is 5.43. The molecule has 6 heteroatoms. The van der Waals surface area contributed by atoms with E-state index >= 15 is 0 Å². The minimum Gasteiger partial charge on any atom is -0.493 e. The summed E-state index contributed by atoms with van der Waals surface area (Å²) >= 11 is 3.49. The van der Waals surface area contributed by atoms with Crippen LogP contribution in [0.1, 0.15) is 5.56 Å². The zero-order valence-electron chi connectivity index (χ0n) is 11.6. The van der Waals surface area contributed by atoms with Crippen molar-refractivity contribution in [3.8, 4) is 11.5 Å². The highest BCUT2D eigenvalue weighted by molar-refractivity contribution is 9.10. The summed E-state index contributed by atoms with van der Waals surface area (Å²) in [4.78, 5) is 0. The molecule has 0 fully saturated rings. The van der Waals surface area contributed by atoms with Crippen LogP contribution >= 0.6 is 15.9 Å². The van der Waals surface area contributed by atoms with E-state index in [1.54, 1.807) is 20.4 Å². The highest BCUT2D eigenvalue weighted by atomic mass is 79.9. The maximum Gasteiger partial charge on any atom is 0.174 e. The van der Waals surface area contributed by atoms with Crippen molar-refractivity contribution >= 4 is 15.9 Å². The van der Waals surface area contributed by atoms with E-state index in [9.17, 15) is 0 Å². The van der Waals surface area contributed by atoms with E-state index in [1.807, 2.05) is 29.1 Å². The second-order valence-corrected chi connectivity index (χ2v) is 5.11. The van der Waals surface area contributed by atoms with Crippen molar-refractivity contribution in [2.24, 2.45) is 0 Å². The van der Waals surface area contributed by atoms with Crippen LogP contribution in [0.2, 0.25) is 0 Å². The molecule has 0 atom stereocenters. The molecular weight excluding hydrogens is 322 g/mol. The van der Waals surface area contributed by atoms with Gasteiger partial charge in [0.1, 0.15) is 0 Å². The molecule has 0 unspecified atom stereocenters. The third kappa shape index (κ3) is 3.74. The fourth-order valence-electron chi connectivity index (χ4n) is 1.93. The molecule has 0 saturated heterocycles. The number of nitrogens with zero attached hydrogens (tertiary/aromatic N) is 2. The second kappa shape index (κ2) is 7.31. The predicted molar refractivity (Wildman–Crippen MR) is 81.2 cm³/mol. The van der Waals surface area contributed by atoms with Gasteiger partial charge in [0.2, 0.25) is 0 Å². The maximum atomic E-state index is 5.33. The van der Waals surface area contributed by atoms with Gasteiger partial charge in [0.05, 0.1) is 25.2 Å². The number of nitrogens with one attached hydrogen (secondary N) is 1. The number of ether oxygens (including phenoxy) is 2. The van der Waals surface area contributed by atoms with E-state index in [0.717, 1.165) is 35.4 Å². The maximum absolute atomic E-state index is 5.33. The monoisotopic (exact) mass is 339 g/mol. The smallest absolute Gasteiger partial charge is 0.174 e. The van der Waals surface area contributed by atoms with Crippen molar-refractivity contribution in [2.75, 3.05) is 20.8 Å². The molecule has 0 bridgehead atoms. The Bertz CT molecular complexity index is 544. The molecule has 1 heterocycles. The first-order valence-corrected chi connectivity index (χ1v) is 7.12. The number of hydrogen-bond donors (Lipinski definition) is 1. The van der Waals surface area contributed by atoms with Crippen LogP contribution in [-0.2, 0) is 13.1 Å². The topological polar surface area (TPSA) is 48.3 Å². The molecular formula is C14H18BrN3O2. The van der Waals surface area contributed by atoms with Crippen LogP contribution in [-0.4, -0.2) is 30.5 Å². The summed E-state index contributed by atoms with van der Waals surface area (Å²) in [6.07, 6.45) is 3.74. The Balaban J connectivity index is 1.91. The van der Waals surface area contributed by atoms with Crippen molar-refractivity contribution in [1.29, 1.82) is 0 Å². The average molecular weight is 340 g/mol. The van der Waals surface area contributed by atoms with Gasteiger partial charge in [-0.1, -0.05) is 0 Å². The molecule has 0 saturated carbocycles. The zero-order valence-corrected chi connectivity index (χ0v) is 13.2. The van der Waals surface area contributed by atoms with Gasteiger partial charge in [0.25, 0.3) is 0 Å². The first-order chi connectivity index (χ1) is 9.74. The highest BCUT2D eigenvalue weighted by Crippen LogP contribution is 2.36. The molecule has 0 amide bonds. The van der Waals surface area contributed by atoms with Crippen LogP contribution in [0.4, 0.5) is 0 Å². The lowest BCUT2D eigenvalue weighted by atomic mass is 10.2. The molecule has 0 radical (unpaired) electrons. The third-order valence-electron chi connectivity index (χ3n) is 2.90. The molecule has 1 aromatic heterocycles. The lowest BCUT2D eigenvalue weighted by Gasteiger charge is -2.12. The zero-order chi connectivity index (χ0) is 14.4. The minimum absolute atomic E-state index is 0.716. The Morgan fingerprint density at radius 1 is 1.30 bits per heavy atom. The summed E-state index contributed by atoms with van der Waals surface area (Å²) < 4.78 is 13.4. The lowest BCUT2D eigenvalue weighted by Crippen LogP contribution is -2.19. The van der Waals surface area contributed by atoms with E-state index in [1.165, 1.54) is 0 Å². The average Bonchev–Trinajstić information content (AvgIpc) is 2.96. The van der Waals surface area contributed by atoms with Crippen LogP contribution in [0.3, 0.4) is 0 Å². The summed E-state index contributed by atoms with van der Waals surface area (Å²) in [6.45, 7) is 2.47. The molecule has 0 aliphatic rings. The third-order valence-corrected chi connectivity index (χ3v) is 3.49. The Hall–Kier alpha value is -1.53. The lowest BCUT2D eigenvalue weighted by molar-refractivity contribution is 0.352. The van der Waals surface area contributed by atoms with Gasteiger partial charge >= 0.3 is 0 Å². The van der Waals surface area contributed by atoms with E-state index in [4.69, 9.17) is 9.47 Å². The molecule has 20 heavy (non-hydrogen) atoms. The van der Waals surface area contributed by atoms with E-state index in [2.05, 4.69) is 26.3 Å². The summed E-state index contributed by atoms with van der Waals surface area (Å²) in [5.74, 6) is 1.44. The van der Waals surface area contributed by atoms with Gasteiger partial charge in [0.15, 0.2) is 11.5 Å². The van der Waals surface area contributed by atoms with E-state index < -0.39 is 0 Å². The SMILES string of the molecule is COc1cc(CNCCn2cccn2)cc(Br)c1OC. The van der Waals surface area contributed by atoms with Gasteiger partial charge in [-0.3, -0.25) is 4.68 Å². The number of aromatic nitrogens is 2. The predicted octanol–water partition coefficient (Wildman–Crippen LogP) is 2.45. The Morgan fingerprint density at radius 2 is 2.15 bits per heavy atom. The minimum atomic E-state index is 0.716. The summed E-state index contributed by atoms with van der Waals surface area (Å²) in [5, 5.41) is 7.54. The number of hydrogen-bond acceptors (Lipinski definition) is 4. The highest BCUT2D eigenvalue weighted by Gasteiger charge is 2.10. The van der Waals surface area contributed by atoms with Crippen LogP contribution in [0.25, 0.3) is 0 Å². The molecule has 0 spiro atoms. The standard InChI is InChI=1S/C14H18BrN3O2/c1-19-13-9-11(8-12(15)14(13)20-2)10-16-5-7-18-6-3-4-17-18/h3-4,6,8-9,16H,5,7,10H2,1-2H3. The van der Waals surface area contributed by atoms with Gasteiger partial charge in [0, 0.05) is 25.5 Å². The molecule has 0 aliphatic carbocycles. The second-order valence-electron chi connectivity index (χ2n) is 4.26. The van der Waals surface area contributed by atoms with Crippen LogP contribution in [0.15, 0.2) is 35.1 Å². The Labute approximate surface area is 127 Å². The van der Waals surface area contributed by atoms with Gasteiger partial charge in [-0.25, -0.2) is 0 Å². The number of halogens is 1. The molecule has 1 aromatic carbocycles. The quantitative estimate of drug-likeness (QED) is 0.787. The molecule has 2 rings (SSSR count). The van der Waals surface area contributed by atoms with Crippen LogP contribution < -0.4 is 14.8 Å². The van der Waals surface area contributed by atoms with E-state index in [0.29, 0.717) is 5.75 Å². The van der Waals surface area contributed by atoms with Crippen molar-refractivity contribution < 1.29 is 9.47 Å².